The highest BCUT2D eigenvalue weighted by atomic mass is 35.5. The number of nitrogens with zero attached hydrogens (tertiary/aromatic N) is 3. The van der Waals surface area contributed by atoms with Gasteiger partial charge >= 0.3 is 0 Å². The number of hydrogen-bond acceptors (Lipinski definition) is 6. The smallest absolute Gasteiger partial charge is 0.175 e. The van der Waals surface area contributed by atoms with Gasteiger partial charge in [-0.05, 0) is 17.9 Å². The fourth-order valence-corrected chi connectivity index (χ4v) is 3.95. The predicted molar refractivity (Wildman–Crippen MR) is 75.5 cm³/mol. The van der Waals surface area contributed by atoms with Crippen LogP contribution in [0.4, 0.5) is 0 Å². The SMILES string of the molecule is CSc1nnc(SCc2cnc(Cl)cc2Cl)s1. The number of pyridine rings is 1. The lowest BCUT2D eigenvalue weighted by Gasteiger charge is -2.01. The molecule has 0 N–H and O–H groups in total. The zero-order valence-electron chi connectivity index (χ0n) is 8.68. The standard InChI is InChI=1S/C9H7Cl2N3S3/c1-15-8-13-14-9(17-8)16-4-5-3-12-7(11)2-6(5)10/h2-3H,4H2,1H3. The van der Waals surface area contributed by atoms with Gasteiger partial charge in [0, 0.05) is 17.0 Å². The lowest BCUT2D eigenvalue weighted by molar-refractivity contribution is 0.955. The molecule has 0 radical (unpaired) electrons. The summed E-state index contributed by atoms with van der Waals surface area (Å²) in [6.45, 7) is 0. The average Bonchev–Trinajstić information content (AvgIpc) is 2.76. The van der Waals surface area contributed by atoms with Gasteiger partial charge in [0.15, 0.2) is 8.68 Å². The van der Waals surface area contributed by atoms with E-state index in [1.807, 2.05) is 6.26 Å². The van der Waals surface area contributed by atoms with Gasteiger partial charge in [-0.2, -0.15) is 0 Å². The molecule has 0 fully saturated rings. The van der Waals surface area contributed by atoms with E-state index < -0.39 is 0 Å². The van der Waals surface area contributed by atoms with E-state index >= 15 is 0 Å². The molecule has 90 valence electrons. The van der Waals surface area contributed by atoms with Gasteiger partial charge in [-0.1, -0.05) is 58.1 Å². The van der Waals surface area contributed by atoms with Crippen molar-refractivity contribution < 1.29 is 0 Å². The van der Waals surface area contributed by atoms with E-state index in [2.05, 4.69) is 15.2 Å². The Bertz CT molecular complexity index is 518. The van der Waals surface area contributed by atoms with Crippen molar-refractivity contribution in [1.82, 2.24) is 15.2 Å². The lowest BCUT2D eigenvalue weighted by Crippen LogP contribution is -1.85. The fraction of sp³-hybridized carbons (Fsp3) is 0.222. The van der Waals surface area contributed by atoms with Crippen molar-refractivity contribution in [2.45, 2.75) is 14.4 Å². The first-order chi connectivity index (χ1) is 8.19. The molecule has 2 rings (SSSR count). The first-order valence-corrected chi connectivity index (χ1v) is 8.27. The van der Waals surface area contributed by atoms with Crippen molar-refractivity contribution in [3.63, 3.8) is 0 Å². The number of halogens is 2. The van der Waals surface area contributed by atoms with Crippen molar-refractivity contribution >= 4 is 58.1 Å². The molecule has 2 heterocycles. The summed E-state index contributed by atoms with van der Waals surface area (Å²) in [6, 6.07) is 1.65. The van der Waals surface area contributed by atoms with Crippen LogP contribution in [0, 0.1) is 0 Å². The van der Waals surface area contributed by atoms with Gasteiger partial charge < -0.3 is 0 Å². The Morgan fingerprint density at radius 1 is 1.29 bits per heavy atom. The summed E-state index contributed by atoms with van der Waals surface area (Å²) in [5, 5.41) is 9.13. The summed E-state index contributed by atoms with van der Waals surface area (Å²) >= 11 is 16.5. The molecule has 0 aliphatic carbocycles. The Hall–Kier alpha value is -0.0100. The highest BCUT2D eigenvalue weighted by molar-refractivity contribution is 8.02. The fourth-order valence-electron chi connectivity index (χ4n) is 1.02. The summed E-state index contributed by atoms with van der Waals surface area (Å²) in [5.74, 6) is 0.714. The van der Waals surface area contributed by atoms with Crippen molar-refractivity contribution in [3.8, 4) is 0 Å². The van der Waals surface area contributed by atoms with Crippen LogP contribution < -0.4 is 0 Å². The van der Waals surface area contributed by atoms with Gasteiger partial charge in [0.1, 0.15) is 5.15 Å². The minimum absolute atomic E-state index is 0.407. The zero-order chi connectivity index (χ0) is 12.3. The van der Waals surface area contributed by atoms with Gasteiger partial charge in [0.2, 0.25) is 0 Å². The maximum Gasteiger partial charge on any atom is 0.175 e. The number of rotatable bonds is 4. The average molecular weight is 324 g/mol. The Labute approximate surface area is 121 Å². The monoisotopic (exact) mass is 323 g/mol. The van der Waals surface area contributed by atoms with Crippen LogP contribution in [0.5, 0.6) is 0 Å². The minimum Gasteiger partial charge on any atom is -0.244 e. The normalized spacial score (nSPS) is 10.8. The molecule has 2 aromatic rings. The maximum absolute atomic E-state index is 6.05. The minimum atomic E-state index is 0.407. The van der Waals surface area contributed by atoms with Crippen molar-refractivity contribution in [2.75, 3.05) is 6.26 Å². The van der Waals surface area contributed by atoms with E-state index in [0.717, 1.165) is 14.2 Å². The van der Waals surface area contributed by atoms with Crippen molar-refractivity contribution in [1.29, 1.82) is 0 Å². The van der Waals surface area contributed by atoms with E-state index in [1.54, 1.807) is 47.1 Å². The Kier molecular flexibility index (Phi) is 4.93. The molecule has 0 aliphatic heterocycles. The molecular formula is C9H7Cl2N3S3. The second-order valence-corrected chi connectivity index (χ2v) is 6.97. The van der Waals surface area contributed by atoms with E-state index in [1.165, 1.54) is 0 Å². The highest BCUT2D eigenvalue weighted by Gasteiger charge is 2.07. The lowest BCUT2D eigenvalue weighted by atomic mass is 10.3. The molecule has 2 aromatic heterocycles. The number of thioether (sulfide) groups is 2. The molecule has 8 heteroatoms. The molecule has 0 saturated heterocycles. The number of aromatic nitrogens is 3. The Morgan fingerprint density at radius 2 is 2.06 bits per heavy atom. The molecule has 0 atom stereocenters. The second kappa shape index (κ2) is 6.24. The third-order valence-electron chi connectivity index (χ3n) is 1.81. The third kappa shape index (κ3) is 3.72. The van der Waals surface area contributed by atoms with Crippen LogP contribution >= 0.6 is 58.1 Å². The Balaban J connectivity index is 2.02. The van der Waals surface area contributed by atoms with Crippen LogP contribution in [0.15, 0.2) is 20.9 Å². The molecule has 17 heavy (non-hydrogen) atoms. The van der Waals surface area contributed by atoms with E-state index in [9.17, 15) is 0 Å². The summed E-state index contributed by atoms with van der Waals surface area (Å²) in [7, 11) is 0. The molecule has 0 aliphatic rings. The maximum atomic E-state index is 6.05. The molecule has 0 saturated carbocycles. The van der Waals surface area contributed by atoms with Crippen LogP contribution in [0.1, 0.15) is 5.56 Å². The summed E-state index contributed by atoms with van der Waals surface area (Å²) in [4.78, 5) is 4.00. The molecule has 0 amide bonds. The first kappa shape index (κ1) is 13.4. The van der Waals surface area contributed by atoms with E-state index in [-0.39, 0.29) is 0 Å². The zero-order valence-corrected chi connectivity index (χ0v) is 12.6. The van der Waals surface area contributed by atoms with Crippen LogP contribution in [0.25, 0.3) is 0 Å². The van der Waals surface area contributed by atoms with Gasteiger partial charge in [0.25, 0.3) is 0 Å². The summed E-state index contributed by atoms with van der Waals surface area (Å²) in [6.07, 6.45) is 3.67. The highest BCUT2D eigenvalue weighted by Crippen LogP contribution is 2.31. The van der Waals surface area contributed by atoms with Crippen LogP contribution in [-0.4, -0.2) is 21.4 Å². The van der Waals surface area contributed by atoms with Crippen LogP contribution in [0.2, 0.25) is 10.2 Å². The molecular weight excluding hydrogens is 317 g/mol. The van der Waals surface area contributed by atoms with Crippen LogP contribution in [-0.2, 0) is 5.75 Å². The second-order valence-electron chi connectivity index (χ2n) is 2.93. The van der Waals surface area contributed by atoms with Crippen molar-refractivity contribution in [3.05, 3.63) is 28.0 Å². The largest absolute Gasteiger partial charge is 0.244 e. The molecule has 0 aromatic carbocycles. The molecule has 0 bridgehead atoms. The van der Waals surface area contributed by atoms with Gasteiger partial charge in [-0.25, -0.2) is 4.98 Å². The van der Waals surface area contributed by atoms with Crippen molar-refractivity contribution in [2.24, 2.45) is 0 Å². The molecule has 3 nitrogen and oxygen atoms in total. The van der Waals surface area contributed by atoms with Gasteiger partial charge in [0.05, 0.1) is 0 Å². The number of hydrogen-bond donors (Lipinski definition) is 0. The molecule has 0 spiro atoms. The summed E-state index contributed by atoms with van der Waals surface area (Å²) in [5.41, 5.74) is 0.946. The predicted octanol–water partition coefficient (Wildman–Crippen LogP) is 4.25. The van der Waals surface area contributed by atoms with Crippen LogP contribution in [0.3, 0.4) is 0 Å². The van der Waals surface area contributed by atoms with E-state index in [0.29, 0.717) is 15.9 Å². The van der Waals surface area contributed by atoms with E-state index in [4.69, 9.17) is 23.2 Å². The van der Waals surface area contributed by atoms with Gasteiger partial charge in [-0.15, -0.1) is 10.2 Å². The third-order valence-corrected chi connectivity index (χ3v) is 5.45. The topological polar surface area (TPSA) is 38.7 Å². The quantitative estimate of drug-likeness (QED) is 0.621. The van der Waals surface area contributed by atoms with Gasteiger partial charge in [-0.3, -0.25) is 0 Å². The summed E-state index contributed by atoms with van der Waals surface area (Å²) < 4.78 is 1.90. The Morgan fingerprint density at radius 3 is 2.71 bits per heavy atom. The molecule has 0 unspecified atom stereocenters. The first-order valence-electron chi connectivity index (χ1n) is 4.49.